The molecule has 0 bridgehead atoms. The maximum Gasteiger partial charge on any atom is 0.262 e. The highest BCUT2D eigenvalue weighted by Gasteiger charge is 2.06. The quantitative estimate of drug-likeness (QED) is 0.386. The summed E-state index contributed by atoms with van der Waals surface area (Å²) < 4.78 is 0. The number of para-hydroxylation sites is 1. The Morgan fingerprint density at radius 2 is 2.04 bits per heavy atom. The van der Waals surface area contributed by atoms with Crippen molar-refractivity contribution in [1.82, 2.24) is 5.43 Å². The van der Waals surface area contributed by atoms with Crippen molar-refractivity contribution in [2.75, 3.05) is 5.32 Å². The van der Waals surface area contributed by atoms with Gasteiger partial charge < -0.3 is 10.4 Å². The van der Waals surface area contributed by atoms with Gasteiger partial charge in [0, 0.05) is 17.3 Å². The molecule has 0 unspecified atom stereocenters. The molecule has 118 valence electrons. The van der Waals surface area contributed by atoms with Crippen LogP contribution in [0.4, 0.5) is 11.4 Å². The van der Waals surface area contributed by atoms with Gasteiger partial charge in [0.2, 0.25) is 0 Å². The van der Waals surface area contributed by atoms with Crippen molar-refractivity contribution in [2.24, 2.45) is 5.10 Å². The number of nitrogens with one attached hydrogen (secondary N) is 2. The second-order valence-corrected chi connectivity index (χ2v) is 5.03. The number of hydrogen-bond donors (Lipinski definition) is 2. The summed E-state index contributed by atoms with van der Waals surface area (Å²) in [5.74, 6) is -0.642. The Kier molecular flexibility index (Phi) is 5.21. The first-order valence-electron chi connectivity index (χ1n) is 6.58. The van der Waals surface area contributed by atoms with Gasteiger partial charge in [-0.15, -0.1) is 0 Å². The van der Waals surface area contributed by atoms with E-state index in [1.165, 1.54) is 12.3 Å². The van der Waals surface area contributed by atoms with E-state index in [9.17, 15) is 15.2 Å². The number of hydrazone groups is 1. The number of rotatable bonds is 4. The molecule has 23 heavy (non-hydrogen) atoms. The summed E-state index contributed by atoms with van der Waals surface area (Å²) in [6.45, 7) is 1.94. The number of thiocarbonyl (C=S) groups is 1. The van der Waals surface area contributed by atoms with E-state index in [0.717, 1.165) is 23.4 Å². The number of nitro groups is 1. The van der Waals surface area contributed by atoms with Gasteiger partial charge in [-0.05, 0) is 36.5 Å². The summed E-state index contributed by atoms with van der Waals surface area (Å²) in [4.78, 5) is 9.98. The third kappa shape index (κ3) is 4.48. The van der Waals surface area contributed by atoms with Crippen LogP contribution in [-0.2, 0) is 0 Å². The van der Waals surface area contributed by atoms with E-state index in [1.807, 2.05) is 31.2 Å². The van der Waals surface area contributed by atoms with Crippen molar-refractivity contribution < 1.29 is 10.0 Å². The van der Waals surface area contributed by atoms with Crippen LogP contribution in [0, 0.1) is 17.0 Å². The highest BCUT2D eigenvalue weighted by molar-refractivity contribution is 7.80. The molecule has 7 nitrogen and oxygen atoms in total. The first-order valence-corrected chi connectivity index (χ1v) is 6.99. The second kappa shape index (κ2) is 7.32. The minimum absolute atomic E-state index is 0.283. The number of anilines is 1. The van der Waals surface area contributed by atoms with Gasteiger partial charge in [0.05, 0.1) is 11.1 Å². The number of aryl methyl sites for hydroxylation is 1. The van der Waals surface area contributed by atoms with Gasteiger partial charge in [0.25, 0.3) is 5.69 Å². The number of benzene rings is 2. The van der Waals surface area contributed by atoms with E-state index in [0.29, 0.717) is 5.56 Å². The highest BCUT2D eigenvalue weighted by Crippen LogP contribution is 2.22. The van der Waals surface area contributed by atoms with Crippen LogP contribution in [0.1, 0.15) is 11.1 Å². The van der Waals surface area contributed by atoms with Gasteiger partial charge in [-0.1, -0.05) is 30.3 Å². The third-order valence-electron chi connectivity index (χ3n) is 2.95. The van der Waals surface area contributed by atoms with Gasteiger partial charge in [-0.25, -0.2) is 0 Å². The smallest absolute Gasteiger partial charge is 0.262 e. The van der Waals surface area contributed by atoms with Crippen LogP contribution in [0.25, 0.3) is 0 Å². The molecule has 0 aliphatic heterocycles. The Morgan fingerprint density at radius 3 is 2.74 bits per heavy atom. The minimum atomic E-state index is -0.725. The van der Waals surface area contributed by atoms with E-state index in [2.05, 4.69) is 15.8 Å². The van der Waals surface area contributed by atoms with E-state index in [4.69, 9.17) is 12.2 Å². The van der Waals surface area contributed by atoms with Crippen molar-refractivity contribution in [3.05, 3.63) is 63.7 Å². The van der Waals surface area contributed by atoms with E-state index < -0.39 is 16.4 Å². The van der Waals surface area contributed by atoms with E-state index in [1.54, 1.807) is 0 Å². The summed E-state index contributed by atoms with van der Waals surface area (Å²) in [5, 5.41) is 29.2. The monoisotopic (exact) mass is 329 g/mol. The van der Waals surface area contributed by atoms with Crippen LogP contribution in [0.2, 0.25) is 0 Å². The zero-order chi connectivity index (χ0) is 16.8. The standard InChI is InChI=1S/C15H14N4O3S/c1-10-4-2-3-5-12(10)17-15(23)18-16-9-11-6-7-14(20)13(8-11)19(21)22/h2-9,20H,1H3,(H2,17,18,23)/p-1/b16-9-. The normalized spacial score (nSPS) is 10.5. The van der Waals surface area contributed by atoms with E-state index in [-0.39, 0.29) is 5.11 Å². The first-order chi connectivity index (χ1) is 11.0. The number of hydrogen-bond acceptors (Lipinski definition) is 5. The van der Waals surface area contributed by atoms with Crippen molar-refractivity contribution in [2.45, 2.75) is 6.92 Å². The fraction of sp³-hybridized carbons (Fsp3) is 0.0667. The van der Waals surface area contributed by atoms with Crippen LogP contribution in [-0.4, -0.2) is 16.3 Å². The molecule has 0 aromatic heterocycles. The van der Waals surface area contributed by atoms with Crippen LogP contribution in [0.15, 0.2) is 47.6 Å². The topological polar surface area (TPSA) is 103 Å². The van der Waals surface area contributed by atoms with Gasteiger partial charge in [0.15, 0.2) is 5.11 Å². The van der Waals surface area contributed by atoms with Crippen molar-refractivity contribution in [3.8, 4) is 5.75 Å². The number of nitro benzene ring substituents is 1. The highest BCUT2D eigenvalue weighted by atomic mass is 32.1. The van der Waals surface area contributed by atoms with Gasteiger partial charge >= 0.3 is 0 Å². The summed E-state index contributed by atoms with van der Waals surface area (Å²) in [5.41, 5.74) is 4.42. The molecular formula is C15H13N4O3S-. The Hall–Kier alpha value is -3.00. The molecule has 0 heterocycles. The predicted octanol–water partition coefficient (Wildman–Crippen LogP) is 2.30. The maximum absolute atomic E-state index is 11.3. The van der Waals surface area contributed by atoms with Gasteiger partial charge in [-0.2, -0.15) is 5.10 Å². The lowest BCUT2D eigenvalue weighted by Crippen LogP contribution is -2.24. The SMILES string of the molecule is Cc1ccccc1NC(=S)N/N=C\c1ccc([O-])c([N+](=O)[O-])c1. The Morgan fingerprint density at radius 1 is 1.30 bits per heavy atom. The predicted molar refractivity (Wildman–Crippen MR) is 90.7 cm³/mol. The molecule has 0 fully saturated rings. The molecule has 0 saturated heterocycles. The average Bonchev–Trinajstić information content (AvgIpc) is 2.51. The van der Waals surface area contributed by atoms with Gasteiger partial charge in [-0.3, -0.25) is 15.5 Å². The van der Waals surface area contributed by atoms with Crippen molar-refractivity contribution >= 4 is 34.9 Å². The molecule has 0 amide bonds. The van der Waals surface area contributed by atoms with Gasteiger partial charge in [0.1, 0.15) is 0 Å². The number of nitrogens with zero attached hydrogens (tertiary/aromatic N) is 2. The summed E-state index contributed by atoms with van der Waals surface area (Å²) in [6.07, 6.45) is 1.35. The summed E-state index contributed by atoms with van der Waals surface area (Å²) in [6, 6.07) is 11.3. The molecule has 0 atom stereocenters. The lowest BCUT2D eigenvalue weighted by Gasteiger charge is -2.09. The summed E-state index contributed by atoms with van der Waals surface area (Å²) >= 11 is 5.10. The van der Waals surface area contributed by atoms with Crippen molar-refractivity contribution in [1.29, 1.82) is 0 Å². The molecular weight excluding hydrogens is 316 g/mol. The molecule has 0 aliphatic rings. The Labute approximate surface area is 137 Å². The molecule has 2 aromatic carbocycles. The second-order valence-electron chi connectivity index (χ2n) is 4.62. The largest absolute Gasteiger partial charge is 0.868 e. The lowest BCUT2D eigenvalue weighted by molar-refractivity contribution is -0.398. The molecule has 0 saturated carbocycles. The first kappa shape index (κ1) is 16.4. The average molecular weight is 329 g/mol. The van der Waals surface area contributed by atoms with Crippen LogP contribution in [0.3, 0.4) is 0 Å². The summed E-state index contributed by atoms with van der Waals surface area (Å²) in [7, 11) is 0. The Bertz CT molecular complexity index is 777. The fourth-order valence-electron chi connectivity index (χ4n) is 1.79. The molecule has 0 spiro atoms. The molecule has 2 N–H and O–H groups in total. The van der Waals surface area contributed by atoms with Crippen LogP contribution in [0.5, 0.6) is 5.75 Å². The zero-order valence-corrected chi connectivity index (χ0v) is 13.0. The zero-order valence-electron chi connectivity index (χ0n) is 12.1. The molecule has 0 aliphatic carbocycles. The Balaban J connectivity index is 1.99. The molecule has 2 aromatic rings. The van der Waals surface area contributed by atoms with Crippen molar-refractivity contribution in [3.63, 3.8) is 0 Å². The van der Waals surface area contributed by atoms with E-state index >= 15 is 0 Å². The van der Waals surface area contributed by atoms with Crippen LogP contribution >= 0.6 is 12.2 Å². The maximum atomic E-state index is 11.3. The minimum Gasteiger partial charge on any atom is -0.868 e. The van der Waals surface area contributed by atoms with Crippen LogP contribution < -0.4 is 15.8 Å². The molecule has 8 heteroatoms. The molecule has 0 radical (unpaired) electrons. The lowest BCUT2D eigenvalue weighted by atomic mass is 10.2. The fourth-order valence-corrected chi connectivity index (χ4v) is 1.95. The molecule has 2 rings (SSSR count). The third-order valence-corrected chi connectivity index (χ3v) is 3.15.